The third-order valence-corrected chi connectivity index (χ3v) is 4.51. The van der Waals surface area contributed by atoms with Crippen molar-refractivity contribution in [3.63, 3.8) is 0 Å². The molecule has 2 unspecified atom stereocenters. The average molecular weight is 372 g/mol. The van der Waals surface area contributed by atoms with E-state index >= 15 is 0 Å². The van der Waals surface area contributed by atoms with Crippen molar-refractivity contribution in [2.45, 2.75) is 32.0 Å². The van der Waals surface area contributed by atoms with Crippen LogP contribution in [0.1, 0.15) is 29.5 Å². The average Bonchev–Trinajstić information content (AvgIpc) is 3.30. The normalized spacial score (nSPS) is 19.6. The number of nitrogens with zero attached hydrogens (tertiary/aromatic N) is 2. The second-order valence-electron chi connectivity index (χ2n) is 6.43. The zero-order valence-corrected chi connectivity index (χ0v) is 15.5. The molecule has 0 bridgehead atoms. The number of amides is 2. The Kier molecular flexibility index (Phi) is 6.08. The first-order valence-electron chi connectivity index (χ1n) is 8.96. The monoisotopic (exact) mass is 372 g/mol. The maximum Gasteiger partial charge on any atom is 0.287 e. The minimum Gasteiger partial charge on any atom is -0.468 e. The molecule has 8 nitrogen and oxygen atoms in total. The van der Waals surface area contributed by atoms with Crippen LogP contribution in [0.25, 0.3) is 0 Å². The van der Waals surface area contributed by atoms with E-state index in [2.05, 4.69) is 20.5 Å². The van der Waals surface area contributed by atoms with Crippen molar-refractivity contribution in [1.29, 1.82) is 0 Å². The van der Waals surface area contributed by atoms with Crippen LogP contribution in [-0.4, -0.2) is 54.0 Å². The van der Waals surface area contributed by atoms with E-state index in [4.69, 9.17) is 9.15 Å². The first-order valence-corrected chi connectivity index (χ1v) is 8.96. The van der Waals surface area contributed by atoms with Gasteiger partial charge in [-0.25, -0.2) is 0 Å². The summed E-state index contributed by atoms with van der Waals surface area (Å²) in [4.78, 5) is 31.1. The highest BCUT2D eigenvalue weighted by molar-refractivity contribution is 5.92. The first kappa shape index (κ1) is 18.9. The second-order valence-corrected chi connectivity index (χ2v) is 6.43. The van der Waals surface area contributed by atoms with Crippen LogP contribution in [0.5, 0.6) is 5.95 Å². The number of carbonyl (C=O) groups excluding carboxylic acids is 2. The van der Waals surface area contributed by atoms with Gasteiger partial charge in [0.05, 0.1) is 13.2 Å². The molecular weight excluding hydrogens is 348 g/mol. The highest BCUT2D eigenvalue weighted by Gasteiger charge is 2.37. The fraction of sp³-hybridized carbons (Fsp3) is 0.421. The predicted molar refractivity (Wildman–Crippen MR) is 98.2 cm³/mol. The summed E-state index contributed by atoms with van der Waals surface area (Å²) >= 11 is 0. The summed E-state index contributed by atoms with van der Waals surface area (Å²) in [6.07, 6.45) is 4.04. The minimum atomic E-state index is -0.318. The van der Waals surface area contributed by atoms with Gasteiger partial charge in [0.15, 0.2) is 5.76 Å². The van der Waals surface area contributed by atoms with Crippen molar-refractivity contribution in [2.24, 2.45) is 0 Å². The van der Waals surface area contributed by atoms with Gasteiger partial charge in [-0.05, 0) is 31.0 Å². The zero-order valence-electron chi connectivity index (χ0n) is 15.5. The Morgan fingerprint density at radius 1 is 1.37 bits per heavy atom. The number of pyridine rings is 1. The molecule has 3 rings (SSSR count). The smallest absolute Gasteiger partial charge is 0.287 e. The van der Waals surface area contributed by atoms with Gasteiger partial charge >= 0.3 is 0 Å². The van der Waals surface area contributed by atoms with Crippen molar-refractivity contribution >= 4 is 11.8 Å². The molecular formula is C19H24N4O4. The molecule has 0 aromatic carbocycles. The van der Waals surface area contributed by atoms with E-state index in [-0.39, 0.29) is 35.6 Å². The van der Waals surface area contributed by atoms with Crippen molar-refractivity contribution in [1.82, 2.24) is 20.5 Å². The Hall–Kier alpha value is -2.87. The van der Waals surface area contributed by atoms with E-state index in [1.54, 1.807) is 24.5 Å². The number of ether oxygens (including phenoxy) is 1. The summed E-state index contributed by atoms with van der Waals surface area (Å²) in [5.41, 5.74) is 1.02. The Balaban J connectivity index is 1.67. The van der Waals surface area contributed by atoms with E-state index in [0.29, 0.717) is 26.1 Å². The van der Waals surface area contributed by atoms with Crippen molar-refractivity contribution in [3.8, 4) is 5.95 Å². The molecule has 0 radical (unpaired) electrons. The number of likely N-dealkylation sites (N-methyl/N-ethyl adjacent to an activating group) is 1. The topological polar surface area (TPSA) is 96.7 Å². The number of hydrogen-bond acceptors (Lipinski definition) is 6. The lowest BCUT2D eigenvalue weighted by Gasteiger charge is -2.23. The van der Waals surface area contributed by atoms with Gasteiger partial charge in [0.2, 0.25) is 5.91 Å². The Bertz CT molecular complexity index is 777. The van der Waals surface area contributed by atoms with Crippen LogP contribution in [0.4, 0.5) is 0 Å². The molecule has 1 fully saturated rings. The summed E-state index contributed by atoms with van der Waals surface area (Å²) in [7, 11) is 1.48. The molecule has 2 atom stereocenters. The molecule has 1 aliphatic rings. The summed E-state index contributed by atoms with van der Waals surface area (Å²) in [6, 6.07) is 6.55. The fourth-order valence-corrected chi connectivity index (χ4v) is 3.28. The Morgan fingerprint density at radius 2 is 2.22 bits per heavy atom. The molecule has 27 heavy (non-hydrogen) atoms. The van der Waals surface area contributed by atoms with E-state index < -0.39 is 0 Å². The molecule has 2 aromatic rings. The van der Waals surface area contributed by atoms with Gasteiger partial charge in [0, 0.05) is 44.1 Å². The first-order chi connectivity index (χ1) is 13.1. The summed E-state index contributed by atoms with van der Waals surface area (Å²) in [5.74, 6) is 0.121. The number of rotatable bonds is 7. The van der Waals surface area contributed by atoms with Gasteiger partial charge in [0.1, 0.15) is 0 Å². The van der Waals surface area contributed by atoms with Gasteiger partial charge in [0.25, 0.3) is 11.9 Å². The number of hydrogen-bond donors (Lipinski definition) is 2. The largest absolute Gasteiger partial charge is 0.468 e. The highest BCUT2D eigenvalue weighted by atomic mass is 16.6. The van der Waals surface area contributed by atoms with Gasteiger partial charge in [-0.2, -0.15) is 0 Å². The molecule has 2 N–H and O–H groups in total. The number of aromatic nitrogens is 1. The quantitative estimate of drug-likeness (QED) is 0.758. The summed E-state index contributed by atoms with van der Waals surface area (Å²) in [5, 5.41) is 5.83. The Labute approximate surface area is 157 Å². The molecule has 1 aliphatic heterocycles. The summed E-state index contributed by atoms with van der Waals surface area (Å²) in [6.45, 7) is 3.62. The van der Waals surface area contributed by atoms with E-state index in [1.165, 1.54) is 7.11 Å². The summed E-state index contributed by atoms with van der Waals surface area (Å²) < 4.78 is 10.3. The van der Waals surface area contributed by atoms with Crippen LogP contribution in [0.2, 0.25) is 0 Å². The third-order valence-electron chi connectivity index (χ3n) is 4.51. The van der Waals surface area contributed by atoms with Crippen LogP contribution in [-0.2, 0) is 11.3 Å². The standard InChI is InChI=1S/C19H24N4O4/c1-3-21-18(24)15-9-14(12-23(15)11-13-5-4-8-20-10-13)22-19(25)16-6-7-17(26-2)27-16/h4-8,10,14-15H,3,9,11-12H2,1-2H3,(H,21,24)(H,22,25). The van der Waals surface area contributed by atoms with Crippen molar-refractivity contribution < 1.29 is 18.7 Å². The molecule has 2 amide bonds. The van der Waals surface area contributed by atoms with Gasteiger partial charge in [-0.15, -0.1) is 0 Å². The number of likely N-dealkylation sites (tertiary alicyclic amines) is 1. The molecule has 0 spiro atoms. The van der Waals surface area contributed by atoms with Gasteiger partial charge < -0.3 is 19.8 Å². The number of methoxy groups -OCH3 is 1. The predicted octanol–water partition coefficient (Wildman–Crippen LogP) is 1.19. The molecule has 0 aliphatic carbocycles. The molecule has 3 heterocycles. The minimum absolute atomic E-state index is 0.0298. The number of nitrogens with one attached hydrogen (secondary N) is 2. The zero-order chi connectivity index (χ0) is 19.2. The van der Waals surface area contributed by atoms with Crippen molar-refractivity contribution in [3.05, 3.63) is 48.0 Å². The van der Waals surface area contributed by atoms with E-state index in [1.807, 2.05) is 19.1 Å². The Morgan fingerprint density at radius 3 is 2.89 bits per heavy atom. The van der Waals surface area contributed by atoms with Crippen LogP contribution in [0, 0.1) is 0 Å². The van der Waals surface area contributed by atoms with Crippen molar-refractivity contribution in [2.75, 3.05) is 20.2 Å². The SMILES string of the molecule is CCNC(=O)C1CC(NC(=O)c2ccc(OC)o2)CN1Cc1cccnc1. The lowest BCUT2D eigenvalue weighted by molar-refractivity contribution is -0.125. The molecule has 2 aromatic heterocycles. The molecule has 8 heteroatoms. The maximum absolute atomic E-state index is 12.5. The fourth-order valence-electron chi connectivity index (χ4n) is 3.28. The molecule has 1 saturated heterocycles. The molecule has 0 saturated carbocycles. The van der Waals surface area contributed by atoms with Crippen LogP contribution in [0.15, 0.2) is 41.1 Å². The van der Waals surface area contributed by atoms with E-state index in [9.17, 15) is 9.59 Å². The van der Waals surface area contributed by atoms with Crippen LogP contribution >= 0.6 is 0 Å². The maximum atomic E-state index is 12.5. The third kappa shape index (κ3) is 4.65. The molecule has 144 valence electrons. The lowest BCUT2D eigenvalue weighted by atomic mass is 10.1. The van der Waals surface area contributed by atoms with Gasteiger partial charge in [-0.1, -0.05) is 6.07 Å². The van der Waals surface area contributed by atoms with Crippen LogP contribution in [0.3, 0.4) is 0 Å². The number of furan rings is 1. The number of carbonyl (C=O) groups is 2. The van der Waals surface area contributed by atoms with Crippen LogP contribution < -0.4 is 15.4 Å². The lowest BCUT2D eigenvalue weighted by Crippen LogP contribution is -2.42. The van der Waals surface area contributed by atoms with E-state index in [0.717, 1.165) is 5.56 Å². The highest BCUT2D eigenvalue weighted by Crippen LogP contribution is 2.22. The second kappa shape index (κ2) is 8.68. The van der Waals surface area contributed by atoms with Gasteiger partial charge in [-0.3, -0.25) is 19.5 Å².